The number of nitrogens with one attached hydrogen (secondary N) is 1. The summed E-state index contributed by atoms with van der Waals surface area (Å²) in [4.78, 5) is 13.3. The highest BCUT2D eigenvalue weighted by atomic mass is 16.5. The molecular weight excluding hydrogens is 230 g/mol. The van der Waals surface area contributed by atoms with Crippen LogP contribution in [0.4, 0.5) is 17.1 Å². The van der Waals surface area contributed by atoms with Crippen LogP contribution in [-0.4, -0.2) is 32.2 Å². The summed E-state index contributed by atoms with van der Waals surface area (Å²) in [5.41, 5.74) is 9.55. The fraction of sp³-hybridized carbons (Fsp3) is 0.462. The quantitative estimate of drug-likeness (QED) is 0.777. The maximum absolute atomic E-state index is 11.2. The van der Waals surface area contributed by atoms with Crippen LogP contribution < -0.4 is 16.0 Å². The van der Waals surface area contributed by atoms with Crippen molar-refractivity contribution < 1.29 is 9.53 Å². The van der Waals surface area contributed by atoms with Gasteiger partial charge in [0, 0.05) is 25.7 Å². The Morgan fingerprint density at radius 3 is 2.67 bits per heavy atom. The van der Waals surface area contributed by atoms with E-state index in [0.717, 1.165) is 35.7 Å². The van der Waals surface area contributed by atoms with E-state index in [4.69, 9.17) is 10.5 Å². The predicted octanol–water partition coefficient (Wildman–Crippen LogP) is 1.37. The Balaban J connectivity index is 2.30. The summed E-state index contributed by atoms with van der Waals surface area (Å²) in [7, 11) is 0. The number of nitrogens with zero attached hydrogens (tertiary/aromatic N) is 1. The number of aryl methyl sites for hydroxylation is 1. The molecule has 2 rings (SSSR count). The van der Waals surface area contributed by atoms with Gasteiger partial charge in [0.25, 0.3) is 0 Å². The van der Waals surface area contributed by atoms with E-state index in [9.17, 15) is 4.79 Å². The van der Waals surface area contributed by atoms with Gasteiger partial charge in [-0.05, 0) is 24.6 Å². The standard InChI is InChI=1S/C13H19N3O2/c1-9-7-11(14)13(8-12(9)15-10(2)17)16-3-5-18-6-4-16/h7-8H,3-6,14H2,1-2H3,(H,15,17). The monoisotopic (exact) mass is 249 g/mol. The normalized spacial score (nSPS) is 15.6. The lowest BCUT2D eigenvalue weighted by atomic mass is 10.1. The predicted molar refractivity (Wildman–Crippen MR) is 72.9 cm³/mol. The molecule has 5 heteroatoms. The molecular formula is C13H19N3O2. The van der Waals surface area contributed by atoms with Crippen molar-refractivity contribution in [3.63, 3.8) is 0 Å². The van der Waals surface area contributed by atoms with Gasteiger partial charge in [0.2, 0.25) is 5.91 Å². The molecule has 0 radical (unpaired) electrons. The maximum Gasteiger partial charge on any atom is 0.221 e. The number of carbonyl (C=O) groups is 1. The minimum atomic E-state index is -0.0733. The first kappa shape index (κ1) is 12.7. The molecule has 0 saturated carbocycles. The molecule has 1 saturated heterocycles. The second kappa shape index (κ2) is 5.27. The molecule has 0 atom stereocenters. The summed E-state index contributed by atoms with van der Waals surface area (Å²) in [6.45, 7) is 6.51. The topological polar surface area (TPSA) is 67.6 Å². The van der Waals surface area contributed by atoms with Gasteiger partial charge in [-0.3, -0.25) is 4.79 Å². The van der Waals surface area contributed by atoms with Crippen molar-refractivity contribution in [2.45, 2.75) is 13.8 Å². The third-order valence-electron chi connectivity index (χ3n) is 3.04. The number of hydrogen-bond acceptors (Lipinski definition) is 4. The lowest BCUT2D eigenvalue weighted by molar-refractivity contribution is -0.114. The lowest BCUT2D eigenvalue weighted by Crippen LogP contribution is -2.36. The van der Waals surface area contributed by atoms with Crippen LogP contribution in [-0.2, 0) is 9.53 Å². The average molecular weight is 249 g/mol. The first-order chi connectivity index (χ1) is 8.58. The van der Waals surface area contributed by atoms with Gasteiger partial charge < -0.3 is 20.7 Å². The van der Waals surface area contributed by atoms with E-state index < -0.39 is 0 Å². The minimum absolute atomic E-state index is 0.0733. The third kappa shape index (κ3) is 2.73. The van der Waals surface area contributed by atoms with E-state index in [2.05, 4.69) is 10.2 Å². The Kier molecular flexibility index (Phi) is 3.72. The number of benzene rings is 1. The zero-order valence-corrected chi connectivity index (χ0v) is 10.8. The molecule has 0 aromatic heterocycles. The summed E-state index contributed by atoms with van der Waals surface area (Å²) in [5.74, 6) is -0.0733. The molecule has 1 amide bonds. The number of nitrogen functional groups attached to an aromatic ring is 1. The van der Waals surface area contributed by atoms with Crippen LogP contribution in [0.2, 0.25) is 0 Å². The molecule has 3 N–H and O–H groups in total. The molecule has 98 valence electrons. The Bertz CT molecular complexity index is 454. The molecule has 1 fully saturated rings. The van der Waals surface area contributed by atoms with Gasteiger partial charge in [-0.25, -0.2) is 0 Å². The van der Waals surface area contributed by atoms with Crippen LogP contribution in [0.15, 0.2) is 12.1 Å². The van der Waals surface area contributed by atoms with Crippen LogP contribution in [0.5, 0.6) is 0 Å². The Hall–Kier alpha value is -1.75. The van der Waals surface area contributed by atoms with Crippen LogP contribution in [0, 0.1) is 6.92 Å². The van der Waals surface area contributed by atoms with Crippen molar-refractivity contribution in [3.05, 3.63) is 17.7 Å². The Labute approximate surface area is 107 Å². The van der Waals surface area contributed by atoms with E-state index in [-0.39, 0.29) is 5.91 Å². The van der Waals surface area contributed by atoms with Crippen molar-refractivity contribution in [3.8, 4) is 0 Å². The fourth-order valence-electron chi connectivity index (χ4n) is 2.12. The Morgan fingerprint density at radius 1 is 1.39 bits per heavy atom. The summed E-state index contributed by atoms with van der Waals surface area (Å²) >= 11 is 0. The zero-order chi connectivity index (χ0) is 13.1. The number of amides is 1. The molecule has 5 nitrogen and oxygen atoms in total. The summed E-state index contributed by atoms with van der Waals surface area (Å²) in [5, 5.41) is 2.83. The Morgan fingerprint density at radius 2 is 2.06 bits per heavy atom. The van der Waals surface area contributed by atoms with Crippen molar-refractivity contribution in [1.82, 2.24) is 0 Å². The van der Waals surface area contributed by atoms with Crippen LogP contribution >= 0.6 is 0 Å². The van der Waals surface area contributed by atoms with Gasteiger partial charge in [-0.2, -0.15) is 0 Å². The van der Waals surface area contributed by atoms with Crippen molar-refractivity contribution in [2.24, 2.45) is 0 Å². The number of rotatable bonds is 2. The molecule has 1 aliphatic heterocycles. The number of carbonyl (C=O) groups excluding carboxylic acids is 1. The third-order valence-corrected chi connectivity index (χ3v) is 3.04. The van der Waals surface area contributed by atoms with Crippen LogP contribution in [0.1, 0.15) is 12.5 Å². The van der Waals surface area contributed by atoms with Crippen molar-refractivity contribution in [2.75, 3.05) is 42.3 Å². The van der Waals surface area contributed by atoms with Gasteiger partial charge in [0.05, 0.1) is 24.6 Å². The van der Waals surface area contributed by atoms with E-state index in [0.29, 0.717) is 13.2 Å². The number of ether oxygens (including phenoxy) is 1. The highest BCUT2D eigenvalue weighted by Gasteiger charge is 2.15. The molecule has 0 unspecified atom stereocenters. The molecule has 0 bridgehead atoms. The molecule has 0 aliphatic carbocycles. The number of nitrogens with two attached hydrogens (primary N) is 1. The molecule has 1 aromatic rings. The van der Waals surface area contributed by atoms with E-state index in [1.165, 1.54) is 6.92 Å². The van der Waals surface area contributed by atoms with Gasteiger partial charge >= 0.3 is 0 Å². The molecule has 1 aromatic carbocycles. The second-order valence-corrected chi connectivity index (χ2v) is 4.51. The van der Waals surface area contributed by atoms with Gasteiger partial charge in [0.15, 0.2) is 0 Å². The first-order valence-corrected chi connectivity index (χ1v) is 6.08. The largest absolute Gasteiger partial charge is 0.397 e. The highest BCUT2D eigenvalue weighted by Crippen LogP contribution is 2.30. The van der Waals surface area contributed by atoms with Gasteiger partial charge in [-0.1, -0.05) is 0 Å². The molecule has 1 aliphatic rings. The number of hydrogen-bond donors (Lipinski definition) is 2. The fourth-order valence-corrected chi connectivity index (χ4v) is 2.12. The smallest absolute Gasteiger partial charge is 0.221 e. The SMILES string of the molecule is CC(=O)Nc1cc(N2CCOCC2)c(N)cc1C. The molecule has 0 spiro atoms. The van der Waals surface area contributed by atoms with E-state index in [1.807, 2.05) is 19.1 Å². The van der Waals surface area contributed by atoms with Crippen molar-refractivity contribution >= 4 is 23.0 Å². The minimum Gasteiger partial charge on any atom is -0.397 e. The number of morpholine rings is 1. The molecule has 18 heavy (non-hydrogen) atoms. The van der Waals surface area contributed by atoms with Gasteiger partial charge in [0.1, 0.15) is 0 Å². The first-order valence-electron chi connectivity index (χ1n) is 6.08. The van der Waals surface area contributed by atoms with E-state index >= 15 is 0 Å². The lowest BCUT2D eigenvalue weighted by Gasteiger charge is -2.30. The maximum atomic E-state index is 11.2. The number of anilines is 3. The second-order valence-electron chi connectivity index (χ2n) is 4.51. The van der Waals surface area contributed by atoms with Crippen LogP contribution in [0.3, 0.4) is 0 Å². The highest BCUT2D eigenvalue weighted by molar-refractivity contribution is 5.91. The van der Waals surface area contributed by atoms with Gasteiger partial charge in [-0.15, -0.1) is 0 Å². The summed E-state index contributed by atoms with van der Waals surface area (Å²) in [6.07, 6.45) is 0. The molecule has 1 heterocycles. The zero-order valence-electron chi connectivity index (χ0n) is 10.8. The van der Waals surface area contributed by atoms with Crippen LogP contribution in [0.25, 0.3) is 0 Å². The average Bonchev–Trinajstić information content (AvgIpc) is 2.33. The van der Waals surface area contributed by atoms with Crippen molar-refractivity contribution in [1.29, 1.82) is 0 Å². The van der Waals surface area contributed by atoms with E-state index in [1.54, 1.807) is 0 Å². The summed E-state index contributed by atoms with van der Waals surface area (Å²) < 4.78 is 5.33. The summed E-state index contributed by atoms with van der Waals surface area (Å²) in [6, 6.07) is 3.84.